The normalized spacial score (nSPS) is 23.2. The van der Waals surface area contributed by atoms with Gasteiger partial charge in [0.1, 0.15) is 0 Å². The number of rotatable bonds is 2. The second kappa shape index (κ2) is 6.52. The van der Waals surface area contributed by atoms with Gasteiger partial charge in [-0.2, -0.15) is 0 Å². The van der Waals surface area contributed by atoms with Gasteiger partial charge in [-0.15, -0.1) is 11.3 Å². The number of hydrogen-bond acceptors (Lipinski definition) is 5. The van der Waals surface area contributed by atoms with Gasteiger partial charge in [0, 0.05) is 13.1 Å². The Labute approximate surface area is 156 Å². The lowest BCUT2D eigenvalue weighted by Crippen LogP contribution is -2.32. The van der Waals surface area contributed by atoms with Crippen molar-refractivity contribution in [2.24, 2.45) is 11.8 Å². The maximum atomic E-state index is 12.9. The molecule has 3 aromatic rings. The summed E-state index contributed by atoms with van der Waals surface area (Å²) in [6.45, 7) is 3.82. The fourth-order valence-corrected chi connectivity index (χ4v) is 5.05. The Morgan fingerprint density at radius 3 is 2.65 bits per heavy atom. The summed E-state index contributed by atoms with van der Waals surface area (Å²) >= 11 is 1.59. The first-order chi connectivity index (χ1) is 12.8. The molecule has 2 aliphatic heterocycles. The summed E-state index contributed by atoms with van der Waals surface area (Å²) in [7, 11) is 0. The zero-order valence-corrected chi connectivity index (χ0v) is 15.3. The van der Waals surface area contributed by atoms with Crippen LogP contribution in [0.5, 0.6) is 0 Å². The smallest absolute Gasteiger partial charge is 0.289 e. The molecule has 2 aromatic heterocycles. The van der Waals surface area contributed by atoms with Crippen LogP contribution in [0.25, 0.3) is 21.0 Å². The monoisotopic (exact) mass is 367 g/mol. The predicted molar refractivity (Wildman–Crippen MR) is 102 cm³/mol. The molecule has 2 fully saturated rings. The van der Waals surface area contributed by atoms with E-state index in [0.717, 1.165) is 54.2 Å². The number of nitrogens with one attached hydrogen (secondary N) is 1. The minimum Gasteiger partial charge on any atom is -0.448 e. The van der Waals surface area contributed by atoms with Gasteiger partial charge in [0.05, 0.1) is 10.2 Å². The van der Waals surface area contributed by atoms with Gasteiger partial charge in [0.25, 0.3) is 5.91 Å². The zero-order valence-electron chi connectivity index (χ0n) is 14.5. The molecule has 134 valence electrons. The Kier molecular flexibility index (Phi) is 4.02. The number of nitrogens with zero attached hydrogens (tertiary/aromatic N) is 2. The average Bonchev–Trinajstić information content (AvgIpc) is 3.38. The Bertz CT molecular complexity index is 900. The highest BCUT2D eigenvalue weighted by Gasteiger charge is 2.32. The summed E-state index contributed by atoms with van der Waals surface area (Å²) in [6.07, 6.45) is 2.16. The molecule has 1 amide bonds. The SMILES string of the molecule is O=C(c1ccc(-c2nc3ccccc3s2)o1)N1CC[C@@H]2CNC[C@@H]2CC1. The molecule has 5 rings (SSSR count). The summed E-state index contributed by atoms with van der Waals surface area (Å²) in [6, 6.07) is 11.7. The molecule has 0 unspecified atom stereocenters. The second-order valence-electron chi connectivity index (χ2n) is 7.20. The molecule has 2 saturated heterocycles. The summed E-state index contributed by atoms with van der Waals surface area (Å²) < 4.78 is 7.02. The van der Waals surface area contributed by atoms with Crippen LogP contribution in [-0.2, 0) is 0 Å². The fourth-order valence-electron chi connectivity index (χ4n) is 4.12. The van der Waals surface area contributed by atoms with Crippen LogP contribution in [0.2, 0.25) is 0 Å². The molecule has 1 N–H and O–H groups in total. The van der Waals surface area contributed by atoms with Crippen molar-refractivity contribution in [2.75, 3.05) is 26.2 Å². The number of thiazole rings is 1. The third kappa shape index (κ3) is 2.83. The predicted octanol–water partition coefficient (Wildman–Crippen LogP) is 3.63. The van der Waals surface area contributed by atoms with E-state index in [1.807, 2.05) is 29.2 Å². The van der Waals surface area contributed by atoms with Gasteiger partial charge in [-0.1, -0.05) is 12.1 Å². The molecule has 5 nitrogen and oxygen atoms in total. The van der Waals surface area contributed by atoms with E-state index in [9.17, 15) is 4.79 Å². The Morgan fingerprint density at radius 1 is 1.12 bits per heavy atom. The van der Waals surface area contributed by atoms with Crippen LogP contribution in [-0.4, -0.2) is 42.0 Å². The van der Waals surface area contributed by atoms with Crippen molar-refractivity contribution < 1.29 is 9.21 Å². The van der Waals surface area contributed by atoms with Crippen LogP contribution in [0.15, 0.2) is 40.8 Å². The van der Waals surface area contributed by atoms with E-state index in [2.05, 4.69) is 16.4 Å². The molecule has 0 aliphatic carbocycles. The summed E-state index contributed by atoms with van der Waals surface area (Å²) in [5, 5.41) is 4.29. The summed E-state index contributed by atoms with van der Waals surface area (Å²) in [4.78, 5) is 19.5. The van der Waals surface area contributed by atoms with Crippen molar-refractivity contribution in [3.63, 3.8) is 0 Å². The quantitative estimate of drug-likeness (QED) is 0.751. The molecule has 6 heteroatoms. The van der Waals surface area contributed by atoms with Gasteiger partial charge in [-0.3, -0.25) is 4.79 Å². The number of carbonyl (C=O) groups excluding carboxylic acids is 1. The number of aromatic nitrogens is 1. The fraction of sp³-hybridized carbons (Fsp3) is 0.400. The first-order valence-electron chi connectivity index (χ1n) is 9.24. The average molecular weight is 367 g/mol. The van der Waals surface area contributed by atoms with Crippen LogP contribution >= 0.6 is 11.3 Å². The minimum atomic E-state index is 0.00490. The molecular formula is C20H21N3O2S. The topological polar surface area (TPSA) is 58.4 Å². The van der Waals surface area contributed by atoms with E-state index in [-0.39, 0.29) is 5.91 Å². The zero-order chi connectivity index (χ0) is 17.5. The van der Waals surface area contributed by atoms with Crippen molar-refractivity contribution in [3.8, 4) is 10.8 Å². The standard InChI is InChI=1S/C20H21N3O2S/c24-20(23-9-7-13-11-21-12-14(13)8-10-23)17-6-5-16(25-17)19-22-15-3-1-2-4-18(15)26-19/h1-6,13-14,21H,7-12H2/t13-,14+. The van der Waals surface area contributed by atoms with E-state index < -0.39 is 0 Å². The lowest BCUT2D eigenvalue weighted by molar-refractivity contribution is 0.0727. The molecule has 0 bridgehead atoms. The largest absolute Gasteiger partial charge is 0.448 e. The van der Waals surface area contributed by atoms with Crippen molar-refractivity contribution in [1.82, 2.24) is 15.2 Å². The highest BCUT2D eigenvalue weighted by Crippen LogP contribution is 2.32. The number of para-hydroxylation sites is 1. The van der Waals surface area contributed by atoms with E-state index in [1.165, 1.54) is 0 Å². The maximum Gasteiger partial charge on any atom is 0.289 e. The minimum absolute atomic E-state index is 0.00490. The molecule has 4 heterocycles. The number of hydrogen-bond donors (Lipinski definition) is 1. The maximum absolute atomic E-state index is 12.9. The van der Waals surface area contributed by atoms with Crippen molar-refractivity contribution in [3.05, 3.63) is 42.2 Å². The van der Waals surface area contributed by atoms with Gasteiger partial charge in [-0.25, -0.2) is 4.98 Å². The highest BCUT2D eigenvalue weighted by atomic mass is 32.1. The first kappa shape index (κ1) is 16.0. The van der Waals surface area contributed by atoms with E-state index in [0.29, 0.717) is 23.4 Å². The number of likely N-dealkylation sites (tertiary alicyclic amines) is 1. The van der Waals surface area contributed by atoms with Crippen LogP contribution in [0.4, 0.5) is 0 Å². The van der Waals surface area contributed by atoms with Crippen LogP contribution in [0.3, 0.4) is 0 Å². The Morgan fingerprint density at radius 2 is 1.88 bits per heavy atom. The van der Waals surface area contributed by atoms with Crippen LogP contribution in [0.1, 0.15) is 23.4 Å². The summed E-state index contributed by atoms with van der Waals surface area (Å²) in [5.74, 6) is 2.52. The molecule has 1 aromatic carbocycles. The molecule has 2 atom stereocenters. The second-order valence-corrected chi connectivity index (χ2v) is 8.23. The van der Waals surface area contributed by atoms with Crippen molar-refractivity contribution >= 4 is 27.5 Å². The molecule has 0 spiro atoms. The van der Waals surface area contributed by atoms with Crippen LogP contribution in [0, 0.1) is 11.8 Å². The number of benzene rings is 1. The third-order valence-corrected chi connectivity index (χ3v) is 6.68. The highest BCUT2D eigenvalue weighted by molar-refractivity contribution is 7.21. The lowest BCUT2D eigenvalue weighted by atomic mass is 9.92. The molecular weight excluding hydrogens is 346 g/mol. The van der Waals surface area contributed by atoms with Gasteiger partial charge in [0.15, 0.2) is 16.5 Å². The van der Waals surface area contributed by atoms with E-state index in [1.54, 1.807) is 17.4 Å². The van der Waals surface area contributed by atoms with Crippen molar-refractivity contribution in [1.29, 1.82) is 0 Å². The van der Waals surface area contributed by atoms with Crippen molar-refractivity contribution in [2.45, 2.75) is 12.8 Å². The number of furan rings is 1. The number of fused-ring (bicyclic) bond motifs is 2. The molecule has 0 radical (unpaired) electrons. The van der Waals surface area contributed by atoms with Gasteiger partial charge >= 0.3 is 0 Å². The van der Waals surface area contributed by atoms with Gasteiger partial charge < -0.3 is 14.6 Å². The Hall–Kier alpha value is -2.18. The van der Waals surface area contributed by atoms with Gasteiger partial charge in [0.2, 0.25) is 0 Å². The molecule has 0 saturated carbocycles. The van der Waals surface area contributed by atoms with Crippen LogP contribution < -0.4 is 5.32 Å². The Balaban J connectivity index is 1.35. The van der Waals surface area contributed by atoms with Gasteiger partial charge in [-0.05, 0) is 62.0 Å². The third-order valence-electron chi connectivity index (χ3n) is 5.63. The summed E-state index contributed by atoms with van der Waals surface area (Å²) in [5.41, 5.74) is 0.962. The number of amides is 1. The first-order valence-corrected chi connectivity index (χ1v) is 10.1. The van der Waals surface area contributed by atoms with E-state index >= 15 is 0 Å². The molecule has 26 heavy (non-hydrogen) atoms. The molecule has 2 aliphatic rings. The number of carbonyl (C=O) groups is 1. The lowest BCUT2D eigenvalue weighted by Gasteiger charge is -2.19. The van der Waals surface area contributed by atoms with E-state index in [4.69, 9.17) is 4.42 Å².